The molecule has 0 aliphatic rings. The van der Waals surface area contributed by atoms with E-state index in [4.69, 9.17) is 0 Å². The van der Waals surface area contributed by atoms with Gasteiger partial charge in [-0.25, -0.2) is 0 Å². The van der Waals surface area contributed by atoms with E-state index in [1.807, 2.05) is 18.5 Å². The Kier molecular flexibility index (Phi) is 4.36. The first-order valence-electron chi connectivity index (χ1n) is 6.65. The van der Waals surface area contributed by atoms with E-state index < -0.39 is 11.9 Å². The summed E-state index contributed by atoms with van der Waals surface area (Å²) < 4.78 is 40.8. The fourth-order valence-electron chi connectivity index (χ4n) is 2.11. The van der Waals surface area contributed by atoms with Gasteiger partial charge >= 0.3 is 6.18 Å². The Labute approximate surface area is 120 Å². The average Bonchev–Trinajstić information content (AvgIpc) is 2.94. The summed E-state index contributed by atoms with van der Waals surface area (Å²) in [5.41, 5.74) is 1.72. The van der Waals surface area contributed by atoms with Crippen LogP contribution in [0.15, 0.2) is 12.3 Å². The molecule has 8 heteroatoms. The summed E-state index contributed by atoms with van der Waals surface area (Å²) in [4.78, 5) is 0. The molecule has 0 saturated heterocycles. The molecule has 116 valence electrons. The SMILES string of the molecule is CCn1ncc(CNCc2cc(C(F)(F)F)nn2C)c1C. The molecule has 2 heterocycles. The van der Waals surface area contributed by atoms with E-state index in [-0.39, 0.29) is 0 Å². The summed E-state index contributed by atoms with van der Waals surface area (Å²) in [7, 11) is 1.51. The van der Waals surface area contributed by atoms with Crippen molar-refractivity contribution < 1.29 is 13.2 Å². The number of halogens is 3. The first kappa shape index (κ1) is 15.6. The zero-order chi connectivity index (χ0) is 15.6. The van der Waals surface area contributed by atoms with Crippen molar-refractivity contribution in [1.29, 1.82) is 0 Å². The number of rotatable bonds is 5. The van der Waals surface area contributed by atoms with Gasteiger partial charge in [0.1, 0.15) is 0 Å². The van der Waals surface area contributed by atoms with E-state index in [9.17, 15) is 13.2 Å². The molecule has 0 unspecified atom stereocenters. The van der Waals surface area contributed by atoms with E-state index in [1.54, 1.807) is 6.20 Å². The van der Waals surface area contributed by atoms with Crippen molar-refractivity contribution in [3.63, 3.8) is 0 Å². The second-order valence-corrected chi connectivity index (χ2v) is 4.82. The summed E-state index contributed by atoms with van der Waals surface area (Å²) in [6.45, 7) is 5.64. The predicted octanol–water partition coefficient (Wildman–Crippen LogP) is 2.25. The Balaban J connectivity index is 1.97. The molecule has 0 bridgehead atoms. The average molecular weight is 301 g/mol. The lowest BCUT2D eigenvalue weighted by atomic mass is 10.2. The Morgan fingerprint density at radius 3 is 2.52 bits per heavy atom. The van der Waals surface area contributed by atoms with Gasteiger partial charge in [-0.05, 0) is 19.9 Å². The minimum atomic E-state index is -4.41. The van der Waals surface area contributed by atoms with Gasteiger partial charge in [0, 0.05) is 37.9 Å². The Morgan fingerprint density at radius 1 is 1.29 bits per heavy atom. The van der Waals surface area contributed by atoms with E-state index in [1.165, 1.54) is 11.7 Å². The molecule has 2 aromatic rings. The summed E-state index contributed by atoms with van der Waals surface area (Å²) >= 11 is 0. The van der Waals surface area contributed by atoms with Crippen molar-refractivity contribution in [2.45, 2.75) is 39.7 Å². The van der Waals surface area contributed by atoms with Crippen molar-refractivity contribution in [1.82, 2.24) is 24.9 Å². The molecule has 0 atom stereocenters. The van der Waals surface area contributed by atoms with E-state index >= 15 is 0 Å². The van der Waals surface area contributed by atoms with Crippen LogP contribution >= 0.6 is 0 Å². The van der Waals surface area contributed by atoms with Crippen molar-refractivity contribution in [3.05, 3.63) is 34.9 Å². The standard InChI is InChI=1S/C13H18F3N5/c1-4-21-9(2)10(7-18-21)6-17-8-11-5-12(13(14,15)16)19-20(11)3/h5,7,17H,4,6,8H2,1-3H3. The van der Waals surface area contributed by atoms with Crippen molar-refractivity contribution in [3.8, 4) is 0 Å². The Bertz CT molecular complexity index is 612. The highest BCUT2D eigenvalue weighted by Gasteiger charge is 2.34. The molecule has 2 rings (SSSR count). The zero-order valence-corrected chi connectivity index (χ0v) is 12.2. The quantitative estimate of drug-likeness (QED) is 0.921. The van der Waals surface area contributed by atoms with Gasteiger partial charge in [0.05, 0.1) is 11.9 Å². The van der Waals surface area contributed by atoms with Crippen molar-refractivity contribution in [2.24, 2.45) is 7.05 Å². The number of hydrogen-bond acceptors (Lipinski definition) is 3. The molecule has 1 N–H and O–H groups in total. The van der Waals surface area contributed by atoms with Crippen LogP contribution in [0.4, 0.5) is 13.2 Å². The first-order valence-corrected chi connectivity index (χ1v) is 6.65. The number of nitrogens with zero attached hydrogens (tertiary/aromatic N) is 4. The van der Waals surface area contributed by atoms with E-state index in [0.717, 1.165) is 23.9 Å². The molecule has 0 aliphatic carbocycles. The van der Waals surface area contributed by atoms with Crippen molar-refractivity contribution in [2.75, 3.05) is 0 Å². The van der Waals surface area contributed by atoms with E-state index in [0.29, 0.717) is 18.8 Å². The number of aryl methyl sites for hydroxylation is 2. The molecule has 0 fully saturated rings. The van der Waals surface area contributed by atoms with Gasteiger partial charge in [-0.2, -0.15) is 23.4 Å². The number of nitrogens with one attached hydrogen (secondary N) is 1. The summed E-state index contributed by atoms with van der Waals surface area (Å²) in [6, 6.07) is 1.06. The Hall–Kier alpha value is -1.83. The third-order valence-electron chi connectivity index (χ3n) is 3.39. The predicted molar refractivity (Wildman–Crippen MR) is 71.4 cm³/mol. The molecular formula is C13H18F3N5. The van der Waals surface area contributed by atoms with Gasteiger partial charge in [-0.15, -0.1) is 0 Å². The normalized spacial score (nSPS) is 12.1. The van der Waals surface area contributed by atoms with Crippen LogP contribution < -0.4 is 5.32 Å². The molecule has 0 spiro atoms. The maximum absolute atomic E-state index is 12.6. The molecule has 5 nitrogen and oxygen atoms in total. The number of alkyl halides is 3. The largest absolute Gasteiger partial charge is 0.435 e. The van der Waals surface area contributed by atoms with Gasteiger partial charge < -0.3 is 5.32 Å². The maximum atomic E-state index is 12.6. The molecule has 2 aromatic heterocycles. The molecular weight excluding hydrogens is 283 g/mol. The minimum absolute atomic E-state index is 0.316. The topological polar surface area (TPSA) is 47.7 Å². The minimum Gasteiger partial charge on any atom is -0.307 e. The first-order chi connectivity index (χ1) is 9.82. The van der Waals surface area contributed by atoms with Crippen LogP contribution in [0.25, 0.3) is 0 Å². The molecule has 0 amide bonds. The van der Waals surface area contributed by atoms with Gasteiger partial charge in [0.15, 0.2) is 5.69 Å². The van der Waals surface area contributed by atoms with Crippen LogP contribution in [0.1, 0.15) is 29.6 Å². The highest BCUT2D eigenvalue weighted by Crippen LogP contribution is 2.28. The molecule has 0 aliphatic heterocycles. The lowest BCUT2D eigenvalue weighted by molar-refractivity contribution is -0.141. The second-order valence-electron chi connectivity index (χ2n) is 4.82. The van der Waals surface area contributed by atoms with Crippen LogP contribution in [0, 0.1) is 6.92 Å². The lowest BCUT2D eigenvalue weighted by Gasteiger charge is -2.05. The number of hydrogen-bond donors (Lipinski definition) is 1. The van der Waals surface area contributed by atoms with Crippen LogP contribution in [0.2, 0.25) is 0 Å². The summed E-state index contributed by atoms with van der Waals surface area (Å²) in [5, 5.41) is 10.8. The summed E-state index contributed by atoms with van der Waals surface area (Å²) in [5.74, 6) is 0. The second kappa shape index (κ2) is 5.88. The molecule has 21 heavy (non-hydrogen) atoms. The van der Waals surface area contributed by atoms with Gasteiger partial charge in [-0.1, -0.05) is 0 Å². The fourth-order valence-corrected chi connectivity index (χ4v) is 2.11. The fraction of sp³-hybridized carbons (Fsp3) is 0.538. The van der Waals surface area contributed by atoms with Crippen LogP contribution in [0.3, 0.4) is 0 Å². The molecule has 0 radical (unpaired) electrons. The van der Waals surface area contributed by atoms with Gasteiger partial charge in [-0.3, -0.25) is 9.36 Å². The van der Waals surface area contributed by atoms with Crippen LogP contribution in [-0.2, 0) is 32.9 Å². The third kappa shape index (κ3) is 3.44. The lowest BCUT2D eigenvalue weighted by Crippen LogP contribution is -2.15. The smallest absolute Gasteiger partial charge is 0.307 e. The van der Waals surface area contributed by atoms with Crippen molar-refractivity contribution >= 4 is 0 Å². The van der Waals surface area contributed by atoms with Gasteiger partial charge in [0.25, 0.3) is 0 Å². The zero-order valence-electron chi connectivity index (χ0n) is 12.2. The Morgan fingerprint density at radius 2 is 2.00 bits per heavy atom. The van der Waals surface area contributed by atoms with E-state index in [2.05, 4.69) is 15.5 Å². The third-order valence-corrected chi connectivity index (χ3v) is 3.39. The summed E-state index contributed by atoms with van der Waals surface area (Å²) in [6.07, 6.45) is -2.63. The number of aromatic nitrogens is 4. The highest BCUT2D eigenvalue weighted by atomic mass is 19.4. The van der Waals surface area contributed by atoms with Crippen LogP contribution in [0.5, 0.6) is 0 Å². The molecule has 0 aromatic carbocycles. The highest BCUT2D eigenvalue weighted by molar-refractivity contribution is 5.17. The monoisotopic (exact) mass is 301 g/mol. The molecule has 0 saturated carbocycles. The van der Waals surface area contributed by atoms with Crippen LogP contribution in [-0.4, -0.2) is 19.6 Å². The maximum Gasteiger partial charge on any atom is 0.435 e. The van der Waals surface area contributed by atoms with Gasteiger partial charge in [0.2, 0.25) is 0 Å².